The van der Waals surface area contributed by atoms with E-state index in [4.69, 9.17) is 0 Å². The van der Waals surface area contributed by atoms with Gasteiger partial charge in [-0.05, 0) is 11.1 Å². The van der Waals surface area contributed by atoms with E-state index in [-0.39, 0.29) is 0 Å². The maximum Gasteiger partial charge on any atom is 0.159 e. The zero-order valence-corrected chi connectivity index (χ0v) is 8.76. The van der Waals surface area contributed by atoms with Crippen molar-refractivity contribution >= 4 is 16.9 Å². The van der Waals surface area contributed by atoms with Crippen LogP contribution in [0.25, 0.3) is 0 Å². The second-order valence-electron chi connectivity index (χ2n) is 3.64. The van der Waals surface area contributed by atoms with Gasteiger partial charge in [0.2, 0.25) is 0 Å². The SMILES string of the molecule is c1ccc2c(c1)CN=C1SCCN1C2. The van der Waals surface area contributed by atoms with Crippen LogP contribution in [0.4, 0.5) is 0 Å². The molecule has 1 aromatic rings. The standard InChI is InChI=1S/C11H12N2S/c1-2-4-10-8-13-5-6-14-11(13)12-7-9(10)3-1/h1-4H,5-8H2. The van der Waals surface area contributed by atoms with Crippen LogP contribution in [0.15, 0.2) is 29.3 Å². The van der Waals surface area contributed by atoms with E-state index in [1.54, 1.807) is 0 Å². The average Bonchev–Trinajstić information content (AvgIpc) is 2.58. The molecule has 0 aromatic heterocycles. The average molecular weight is 204 g/mol. The molecule has 2 aliphatic rings. The Morgan fingerprint density at radius 1 is 1.21 bits per heavy atom. The van der Waals surface area contributed by atoms with Crippen LogP contribution in [0.2, 0.25) is 0 Å². The molecule has 0 aliphatic carbocycles. The fourth-order valence-electron chi connectivity index (χ4n) is 1.95. The van der Waals surface area contributed by atoms with Crippen LogP contribution in [0.5, 0.6) is 0 Å². The zero-order chi connectivity index (χ0) is 9.38. The first-order valence-electron chi connectivity index (χ1n) is 4.92. The van der Waals surface area contributed by atoms with Gasteiger partial charge < -0.3 is 4.90 Å². The van der Waals surface area contributed by atoms with Crippen molar-refractivity contribution in [1.82, 2.24) is 4.90 Å². The molecule has 1 aromatic carbocycles. The highest BCUT2D eigenvalue weighted by Crippen LogP contribution is 2.25. The van der Waals surface area contributed by atoms with Crippen LogP contribution < -0.4 is 0 Å². The minimum Gasteiger partial charge on any atom is -0.346 e. The molecule has 0 amide bonds. The van der Waals surface area contributed by atoms with Gasteiger partial charge in [-0.15, -0.1) is 0 Å². The number of benzene rings is 1. The Kier molecular flexibility index (Phi) is 1.98. The Hall–Kier alpha value is -0.960. The third-order valence-corrected chi connectivity index (χ3v) is 3.76. The highest BCUT2D eigenvalue weighted by molar-refractivity contribution is 8.14. The van der Waals surface area contributed by atoms with E-state index in [9.17, 15) is 0 Å². The number of rotatable bonds is 0. The van der Waals surface area contributed by atoms with Crippen molar-refractivity contribution in [2.24, 2.45) is 4.99 Å². The number of hydrogen-bond acceptors (Lipinski definition) is 3. The van der Waals surface area contributed by atoms with Crippen LogP contribution in [-0.2, 0) is 13.1 Å². The van der Waals surface area contributed by atoms with Gasteiger partial charge >= 0.3 is 0 Å². The molecule has 0 unspecified atom stereocenters. The molecule has 0 atom stereocenters. The summed E-state index contributed by atoms with van der Waals surface area (Å²) >= 11 is 1.89. The van der Waals surface area contributed by atoms with Crippen LogP contribution in [0.3, 0.4) is 0 Å². The molecule has 2 aliphatic heterocycles. The molecule has 0 spiro atoms. The summed E-state index contributed by atoms with van der Waals surface area (Å²) in [6, 6.07) is 8.62. The van der Waals surface area contributed by atoms with E-state index in [1.165, 1.54) is 22.0 Å². The molecular weight excluding hydrogens is 192 g/mol. The Bertz CT molecular complexity index is 387. The lowest BCUT2D eigenvalue weighted by molar-refractivity contribution is 0.459. The molecule has 72 valence electrons. The van der Waals surface area contributed by atoms with Gasteiger partial charge in [-0.2, -0.15) is 0 Å². The maximum absolute atomic E-state index is 4.63. The van der Waals surface area contributed by atoms with Crippen molar-refractivity contribution in [3.63, 3.8) is 0 Å². The Balaban J connectivity index is 2.00. The molecule has 0 N–H and O–H groups in total. The number of hydrogen-bond donors (Lipinski definition) is 0. The minimum absolute atomic E-state index is 0.856. The molecule has 1 saturated heterocycles. The first-order chi connectivity index (χ1) is 6.93. The van der Waals surface area contributed by atoms with E-state index in [1.807, 2.05) is 11.8 Å². The van der Waals surface area contributed by atoms with Crippen molar-refractivity contribution in [2.75, 3.05) is 12.3 Å². The smallest absolute Gasteiger partial charge is 0.159 e. The number of fused-ring (bicyclic) bond motifs is 2. The molecule has 0 bridgehead atoms. The topological polar surface area (TPSA) is 15.6 Å². The zero-order valence-electron chi connectivity index (χ0n) is 7.94. The van der Waals surface area contributed by atoms with Crippen LogP contribution in [-0.4, -0.2) is 22.4 Å². The van der Waals surface area contributed by atoms with Gasteiger partial charge in [0, 0.05) is 18.8 Å². The van der Waals surface area contributed by atoms with Gasteiger partial charge in [0.15, 0.2) is 5.17 Å². The van der Waals surface area contributed by atoms with Crippen LogP contribution >= 0.6 is 11.8 Å². The summed E-state index contributed by atoms with van der Waals surface area (Å²) in [5, 5.41) is 1.24. The van der Waals surface area contributed by atoms with Crippen molar-refractivity contribution in [1.29, 1.82) is 0 Å². The number of amidine groups is 1. The minimum atomic E-state index is 0.856. The van der Waals surface area contributed by atoms with E-state index in [0.29, 0.717) is 0 Å². The summed E-state index contributed by atoms with van der Waals surface area (Å²) in [6.07, 6.45) is 0. The molecule has 3 rings (SSSR count). The van der Waals surface area contributed by atoms with Gasteiger partial charge in [0.25, 0.3) is 0 Å². The monoisotopic (exact) mass is 204 g/mol. The summed E-state index contributed by atoms with van der Waals surface area (Å²) in [5.41, 5.74) is 2.82. The second kappa shape index (κ2) is 3.31. The van der Waals surface area contributed by atoms with Gasteiger partial charge in [0.05, 0.1) is 6.54 Å². The fourth-order valence-corrected chi connectivity index (χ4v) is 2.94. The van der Waals surface area contributed by atoms with Crippen molar-refractivity contribution in [2.45, 2.75) is 13.1 Å². The van der Waals surface area contributed by atoms with Crippen molar-refractivity contribution < 1.29 is 0 Å². The van der Waals surface area contributed by atoms with Crippen molar-refractivity contribution in [3.05, 3.63) is 35.4 Å². The largest absolute Gasteiger partial charge is 0.346 e. The van der Waals surface area contributed by atoms with E-state index in [0.717, 1.165) is 19.6 Å². The normalized spacial score (nSPS) is 19.7. The summed E-state index contributed by atoms with van der Waals surface area (Å²) < 4.78 is 0. The lowest BCUT2D eigenvalue weighted by Crippen LogP contribution is -2.22. The molecule has 2 nitrogen and oxygen atoms in total. The van der Waals surface area contributed by atoms with Gasteiger partial charge in [0.1, 0.15) is 0 Å². The summed E-state index contributed by atoms with van der Waals surface area (Å²) in [6.45, 7) is 3.05. The molecule has 1 fully saturated rings. The lowest BCUT2D eigenvalue weighted by atomic mass is 10.1. The van der Waals surface area contributed by atoms with Gasteiger partial charge in [-0.1, -0.05) is 36.0 Å². The van der Waals surface area contributed by atoms with Gasteiger partial charge in [-0.25, -0.2) is 0 Å². The Morgan fingerprint density at radius 2 is 2.07 bits per heavy atom. The summed E-state index contributed by atoms with van der Waals surface area (Å²) in [7, 11) is 0. The summed E-state index contributed by atoms with van der Waals surface area (Å²) in [5.74, 6) is 1.20. The van der Waals surface area contributed by atoms with E-state index < -0.39 is 0 Å². The lowest BCUT2D eigenvalue weighted by Gasteiger charge is -2.15. The molecule has 14 heavy (non-hydrogen) atoms. The molecule has 0 radical (unpaired) electrons. The first-order valence-corrected chi connectivity index (χ1v) is 5.91. The predicted molar refractivity (Wildman–Crippen MR) is 60.4 cm³/mol. The van der Waals surface area contributed by atoms with E-state index in [2.05, 4.69) is 34.2 Å². The van der Waals surface area contributed by atoms with Crippen LogP contribution in [0.1, 0.15) is 11.1 Å². The summed E-state index contributed by atoms with van der Waals surface area (Å²) in [4.78, 5) is 7.02. The number of nitrogens with zero attached hydrogens (tertiary/aromatic N) is 2. The molecule has 2 heterocycles. The fraction of sp³-hybridized carbons (Fsp3) is 0.364. The van der Waals surface area contributed by atoms with Crippen molar-refractivity contribution in [3.8, 4) is 0 Å². The Labute approximate surface area is 88.0 Å². The third-order valence-electron chi connectivity index (χ3n) is 2.73. The maximum atomic E-state index is 4.63. The number of aliphatic imine (C=N–C) groups is 1. The molecular formula is C11H12N2S. The van der Waals surface area contributed by atoms with E-state index >= 15 is 0 Å². The second-order valence-corrected chi connectivity index (χ2v) is 4.70. The molecule has 0 saturated carbocycles. The predicted octanol–water partition coefficient (Wildman–Crippen LogP) is 2.10. The van der Waals surface area contributed by atoms with Gasteiger partial charge in [-0.3, -0.25) is 4.99 Å². The quantitative estimate of drug-likeness (QED) is 0.643. The highest BCUT2D eigenvalue weighted by Gasteiger charge is 2.22. The highest BCUT2D eigenvalue weighted by atomic mass is 32.2. The number of thioether (sulfide) groups is 1. The Morgan fingerprint density at radius 3 is 3.00 bits per heavy atom. The third kappa shape index (κ3) is 1.32. The van der Waals surface area contributed by atoms with Crippen LogP contribution in [0, 0.1) is 0 Å². The first kappa shape index (κ1) is 8.36. The molecule has 3 heteroatoms.